The summed E-state index contributed by atoms with van der Waals surface area (Å²) in [6.07, 6.45) is 6.52. The number of hydrogen-bond donors (Lipinski definition) is 0. The van der Waals surface area contributed by atoms with E-state index in [1.807, 2.05) is 12.1 Å². The molecule has 0 saturated carbocycles. The molecule has 1 aliphatic rings. The van der Waals surface area contributed by atoms with Crippen LogP contribution in [0.25, 0.3) is 11.6 Å². The number of halogens is 1. The fourth-order valence-electron chi connectivity index (χ4n) is 3.42. The van der Waals surface area contributed by atoms with Gasteiger partial charge in [-0.15, -0.1) is 0 Å². The molecule has 1 aliphatic carbocycles. The van der Waals surface area contributed by atoms with Crippen LogP contribution in [0, 0.1) is 0 Å². The van der Waals surface area contributed by atoms with Crippen molar-refractivity contribution in [2.75, 3.05) is 27.2 Å². The van der Waals surface area contributed by atoms with Crippen molar-refractivity contribution in [3.8, 4) is 0 Å². The topological polar surface area (TPSA) is 12.5 Å². The maximum absolute atomic E-state index is 6.37. The first-order chi connectivity index (χ1) is 13.1. The Morgan fingerprint density at radius 1 is 1.00 bits per heavy atom. The average Bonchev–Trinajstić information content (AvgIpc) is 2.68. The van der Waals surface area contributed by atoms with Gasteiger partial charge in [0.1, 0.15) is 5.76 Å². The first-order valence-electron chi connectivity index (χ1n) is 9.66. The summed E-state index contributed by atoms with van der Waals surface area (Å²) in [5.74, 6) is 1.07. The van der Waals surface area contributed by atoms with E-state index in [1.54, 1.807) is 0 Å². The molecular weight excluding hydrogens is 354 g/mol. The summed E-state index contributed by atoms with van der Waals surface area (Å²) >= 11 is 6.04. The van der Waals surface area contributed by atoms with Gasteiger partial charge in [-0.3, -0.25) is 0 Å². The van der Waals surface area contributed by atoms with Crippen LogP contribution in [0.15, 0.2) is 65.9 Å². The van der Waals surface area contributed by atoms with E-state index in [4.69, 9.17) is 16.3 Å². The second-order valence-corrected chi connectivity index (χ2v) is 7.69. The zero-order chi connectivity index (χ0) is 19.1. The van der Waals surface area contributed by atoms with Crippen LogP contribution in [0.2, 0.25) is 5.02 Å². The van der Waals surface area contributed by atoms with Gasteiger partial charge in [-0.1, -0.05) is 54.1 Å². The molecule has 0 N–H and O–H groups in total. The minimum atomic E-state index is 0.738. The van der Waals surface area contributed by atoms with Crippen LogP contribution in [0.5, 0.6) is 0 Å². The molecule has 0 aliphatic heterocycles. The molecule has 2 aromatic rings. The Bertz CT molecular complexity index is 791. The van der Waals surface area contributed by atoms with Crippen molar-refractivity contribution in [3.63, 3.8) is 0 Å². The molecule has 0 atom stereocenters. The fourth-order valence-corrected chi connectivity index (χ4v) is 3.55. The van der Waals surface area contributed by atoms with Crippen molar-refractivity contribution in [1.29, 1.82) is 0 Å². The van der Waals surface area contributed by atoms with Gasteiger partial charge >= 0.3 is 0 Å². The minimum absolute atomic E-state index is 0.738. The van der Waals surface area contributed by atoms with Gasteiger partial charge in [0.05, 0.1) is 6.61 Å². The van der Waals surface area contributed by atoms with Crippen LogP contribution in [-0.4, -0.2) is 32.1 Å². The Kier molecular flexibility index (Phi) is 7.14. The van der Waals surface area contributed by atoms with Gasteiger partial charge < -0.3 is 9.64 Å². The number of hydrogen-bond acceptors (Lipinski definition) is 2. The molecule has 142 valence electrons. The Labute approximate surface area is 168 Å². The number of benzene rings is 2. The summed E-state index contributed by atoms with van der Waals surface area (Å²) in [6, 6.07) is 18.6. The van der Waals surface area contributed by atoms with Gasteiger partial charge in [-0.25, -0.2) is 0 Å². The molecule has 27 heavy (non-hydrogen) atoms. The molecule has 0 saturated heterocycles. The molecule has 0 spiro atoms. The van der Waals surface area contributed by atoms with E-state index in [-0.39, 0.29) is 0 Å². The van der Waals surface area contributed by atoms with Crippen LogP contribution >= 0.6 is 11.6 Å². The lowest BCUT2D eigenvalue weighted by molar-refractivity contribution is 0.201. The van der Waals surface area contributed by atoms with Crippen LogP contribution in [0.3, 0.4) is 0 Å². The smallest absolute Gasteiger partial charge is 0.126 e. The predicted octanol–water partition coefficient (Wildman–Crippen LogP) is 6.29. The monoisotopic (exact) mass is 381 g/mol. The van der Waals surface area contributed by atoms with Crippen molar-refractivity contribution < 1.29 is 4.74 Å². The quantitative estimate of drug-likeness (QED) is 0.523. The average molecular weight is 382 g/mol. The SMILES string of the molecule is CN(C)CCCOC1=C(c2ccccc2)CCCC1=Cc1ccc(Cl)cc1. The normalized spacial score (nSPS) is 16.2. The first kappa shape index (κ1) is 19.7. The summed E-state index contributed by atoms with van der Waals surface area (Å²) in [6.45, 7) is 1.77. The summed E-state index contributed by atoms with van der Waals surface area (Å²) in [5.41, 5.74) is 5.04. The van der Waals surface area contributed by atoms with Crippen LogP contribution in [-0.2, 0) is 4.74 Å². The maximum Gasteiger partial charge on any atom is 0.126 e. The van der Waals surface area contributed by atoms with E-state index < -0.39 is 0 Å². The lowest BCUT2D eigenvalue weighted by Crippen LogP contribution is -2.15. The van der Waals surface area contributed by atoms with Crippen molar-refractivity contribution >= 4 is 23.3 Å². The largest absolute Gasteiger partial charge is 0.493 e. The van der Waals surface area contributed by atoms with Gasteiger partial charge in [0, 0.05) is 17.1 Å². The number of ether oxygens (including phenoxy) is 1. The van der Waals surface area contributed by atoms with Crippen molar-refractivity contribution in [2.24, 2.45) is 0 Å². The van der Waals surface area contributed by atoms with Gasteiger partial charge in [0.15, 0.2) is 0 Å². The van der Waals surface area contributed by atoms with E-state index in [0.29, 0.717) is 0 Å². The molecule has 0 amide bonds. The number of allylic oxidation sites excluding steroid dienone is 2. The Morgan fingerprint density at radius 2 is 1.74 bits per heavy atom. The highest BCUT2D eigenvalue weighted by atomic mass is 35.5. The fraction of sp³-hybridized carbons (Fsp3) is 0.333. The molecule has 0 unspecified atom stereocenters. The molecule has 0 fully saturated rings. The first-order valence-corrected chi connectivity index (χ1v) is 10.0. The van der Waals surface area contributed by atoms with E-state index in [1.165, 1.54) is 16.7 Å². The van der Waals surface area contributed by atoms with E-state index >= 15 is 0 Å². The zero-order valence-electron chi connectivity index (χ0n) is 16.2. The molecule has 0 radical (unpaired) electrons. The van der Waals surface area contributed by atoms with Gasteiger partial charge in [-0.2, -0.15) is 0 Å². The highest BCUT2D eigenvalue weighted by Crippen LogP contribution is 2.37. The molecule has 2 nitrogen and oxygen atoms in total. The van der Waals surface area contributed by atoms with Crippen LogP contribution in [0.1, 0.15) is 36.8 Å². The lowest BCUT2D eigenvalue weighted by atomic mass is 9.88. The third-order valence-electron chi connectivity index (χ3n) is 4.77. The Hall–Kier alpha value is -2.03. The highest BCUT2D eigenvalue weighted by molar-refractivity contribution is 6.30. The lowest BCUT2D eigenvalue weighted by Gasteiger charge is -2.24. The summed E-state index contributed by atoms with van der Waals surface area (Å²) in [5, 5.41) is 0.765. The number of nitrogens with zero attached hydrogens (tertiary/aromatic N) is 1. The third kappa shape index (κ3) is 5.72. The van der Waals surface area contributed by atoms with Gasteiger partial charge in [0.25, 0.3) is 0 Å². The standard InChI is InChI=1S/C24H28ClNO/c1-26(2)16-7-17-27-24-21(18-19-12-14-22(25)15-13-19)10-6-11-23(24)20-8-4-3-5-9-20/h3-5,8-9,12-15,18H,6-7,10-11,16-17H2,1-2H3. The Balaban J connectivity index is 1.91. The highest BCUT2D eigenvalue weighted by Gasteiger charge is 2.20. The second-order valence-electron chi connectivity index (χ2n) is 7.25. The van der Waals surface area contributed by atoms with E-state index in [2.05, 4.69) is 67.5 Å². The molecular formula is C24H28ClNO. The summed E-state index contributed by atoms with van der Waals surface area (Å²) in [7, 11) is 4.20. The van der Waals surface area contributed by atoms with Gasteiger partial charge in [-0.05, 0) is 74.7 Å². The zero-order valence-corrected chi connectivity index (χ0v) is 17.0. The minimum Gasteiger partial charge on any atom is -0.493 e. The molecule has 0 aromatic heterocycles. The van der Waals surface area contributed by atoms with E-state index in [0.717, 1.165) is 55.2 Å². The van der Waals surface area contributed by atoms with Crippen molar-refractivity contribution in [1.82, 2.24) is 4.90 Å². The number of rotatable bonds is 7. The predicted molar refractivity (Wildman–Crippen MR) is 116 cm³/mol. The summed E-state index contributed by atoms with van der Waals surface area (Å²) in [4.78, 5) is 2.20. The van der Waals surface area contributed by atoms with Crippen molar-refractivity contribution in [2.45, 2.75) is 25.7 Å². The molecule has 3 rings (SSSR count). The van der Waals surface area contributed by atoms with Crippen molar-refractivity contribution in [3.05, 3.63) is 82.1 Å². The van der Waals surface area contributed by atoms with Gasteiger partial charge in [0.2, 0.25) is 0 Å². The molecule has 3 heteroatoms. The third-order valence-corrected chi connectivity index (χ3v) is 5.02. The maximum atomic E-state index is 6.37. The molecule has 0 heterocycles. The Morgan fingerprint density at radius 3 is 2.44 bits per heavy atom. The second kappa shape index (κ2) is 9.77. The molecule has 0 bridgehead atoms. The summed E-state index contributed by atoms with van der Waals surface area (Å²) < 4.78 is 6.37. The van der Waals surface area contributed by atoms with E-state index in [9.17, 15) is 0 Å². The van der Waals surface area contributed by atoms with Crippen LogP contribution < -0.4 is 0 Å². The van der Waals surface area contributed by atoms with Crippen LogP contribution in [0.4, 0.5) is 0 Å². The molecule has 2 aromatic carbocycles.